The van der Waals surface area contributed by atoms with Crippen molar-refractivity contribution >= 4 is 5.91 Å². The summed E-state index contributed by atoms with van der Waals surface area (Å²) in [5, 5.41) is 6.88. The van der Waals surface area contributed by atoms with E-state index in [1.54, 1.807) is 20.0 Å². The minimum Gasteiger partial charge on any atom is -0.361 e. The van der Waals surface area contributed by atoms with Gasteiger partial charge in [0.25, 0.3) is 5.91 Å². The average Bonchev–Trinajstić information content (AvgIpc) is 3.11. The van der Waals surface area contributed by atoms with Crippen molar-refractivity contribution in [1.82, 2.24) is 20.0 Å². The molecule has 0 saturated heterocycles. The summed E-state index contributed by atoms with van der Waals surface area (Å²) in [5.74, 6) is 1.04. The van der Waals surface area contributed by atoms with Crippen LogP contribution in [0.4, 0.5) is 0 Å². The van der Waals surface area contributed by atoms with Gasteiger partial charge in [0, 0.05) is 19.4 Å². The molecule has 1 N–H and O–H groups in total. The van der Waals surface area contributed by atoms with Crippen LogP contribution in [0.1, 0.15) is 39.2 Å². The maximum atomic E-state index is 12.7. The van der Waals surface area contributed by atoms with Gasteiger partial charge in [0.2, 0.25) is 0 Å². The topological polar surface area (TPSA) is 73.0 Å². The molecule has 1 amide bonds. The Morgan fingerprint density at radius 1 is 1.26 bits per heavy atom. The van der Waals surface area contributed by atoms with Gasteiger partial charge in [-0.1, -0.05) is 35.5 Å². The van der Waals surface area contributed by atoms with E-state index in [4.69, 9.17) is 4.52 Å². The van der Waals surface area contributed by atoms with Gasteiger partial charge in [-0.2, -0.15) is 0 Å². The Morgan fingerprint density at radius 2 is 2.00 bits per heavy atom. The highest BCUT2D eigenvalue weighted by Gasteiger charge is 2.24. The van der Waals surface area contributed by atoms with Crippen LogP contribution in [-0.4, -0.2) is 20.6 Å². The van der Waals surface area contributed by atoms with Gasteiger partial charge < -0.3 is 14.4 Å². The maximum Gasteiger partial charge on any atom is 0.257 e. The zero-order chi connectivity index (χ0) is 16.4. The Morgan fingerprint density at radius 3 is 2.57 bits per heavy atom. The van der Waals surface area contributed by atoms with Gasteiger partial charge in [-0.3, -0.25) is 4.79 Å². The van der Waals surface area contributed by atoms with Crippen LogP contribution >= 0.6 is 0 Å². The molecule has 0 saturated carbocycles. The van der Waals surface area contributed by atoms with Crippen LogP contribution in [0.25, 0.3) is 0 Å². The summed E-state index contributed by atoms with van der Waals surface area (Å²) in [5.41, 5.74) is 2.01. The van der Waals surface area contributed by atoms with Crippen molar-refractivity contribution in [2.75, 3.05) is 0 Å². The maximum absolute atomic E-state index is 12.7. The van der Waals surface area contributed by atoms with Crippen molar-refractivity contribution in [2.24, 2.45) is 7.05 Å². The molecule has 0 aliphatic carbocycles. The van der Waals surface area contributed by atoms with Crippen molar-refractivity contribution < 1.29 is 9.32 Å². The van der Waals surface area contributed by atoms with Crippen LogP contribution in [0, 0.1) is 13.8 Å². The number of aromatic nitrogens is 3. The summed E-state index contributed by atoms with van der Waals surface area (Å²) in [4.78, 5) is 17.1. The highest BCUT2D eigenvalue weighted by molar-refractivity contribution is 5.96. The largest absolute Gasteiger partial charge is 0.361 e. The van der Waals surface area contributed by atoms with E-state index < -0.39 is 0 Å². The van der Waals surface area contributed by atoms with E-state index in [2.05, 4.69) is 15.5 Å². The standard InChI is InChI=1S/C17H18N4O2/c1-11-14(12(2)23-20-11)17(22)19-15(13-7-5-4-6-8-13)16-18-9-10-21(16)3/h4-10,15H,1-3H3,(H,19,22). The molecule has 1 aromatic carbocycles. The second-order valence-electron chi connectivity index (χ2n) is 5.41. The summed E-state index contributed by atoms with van der Waals surface area (Å²) < 4.78 is 6.98. The fraction of sp³-hybridized carbons (Fsp3) is 0.235. The molecule has 0 bridgehead atoms. The van der Waals surface area contributed by atoms with E-state index in [0.717, 1.165) is 11.4 Å². The lowest BCUT2D eigenvalue weighted by Gasteiger charge is -2.19. The number of nitrogens with zero attached hydrogens (tertiary/aromatic N) is 3. The van der Waals surface area contributed by atoms with Crippen molar-refractivity contribution in [3.63, 3.8) is 0 Å². The van der Waals surface area contributed by atoms with E-state index in [1.165, 1.54) is 0 Å². The number of nitrogens with one attached hydrogen (secondary N) is 1. The number of hydrogen-bond donors (Lipinski definition) is 1. The van der Waals surface area contributed by atoms with Gasteiger partial charge in [0.05, 0.1) is 5.69 Å². The Bertz CT molecular complexity index is 801. The molecule has 6 nitrogen and oxygen atoms in total. The van der Waals surface area contributed by atoms with Gasteiger partial charge in [-0.05, 0) is 19.4 Å². The lowest BCUT2D eigenvalue weighted by atomic mass is 10.1. The van der Waals surface area contributed by atoms with Crippen LogP contribution in [-0.2, 0) is 7.05 Å². The summed E-state index contributed by atoms with van der Waals surface area (Å²) in [6.07, 6.45) is 3.57. The molecule has 3 rings (SSSR count). The van der Waals surface area contributed by atoms with E-state index in [9.17, 15) is 4.79 Å². The second-order valence-corrected chi connectivity index (χ2v) is 5.41. The molecule has 0 aliphatic heterocycles. The first-order valence-electron chi connectivity index (χ1n) is 7.34. The van der Waals surface area contributed by atoms with Gasteiger partial charge in [0.1, 0.15) is 23.2 Å². The van der Waals surface area contributed by atoms with Crippen LogP contribution in [0.3, 0.4) is 0 Å². The summed E-state index contributed by atoms with van der Waals surface area (Å²) >= 11 is 0. The molecule has 1 unspecified atom stereocenters. The van der Waals surface area contributed by atoms with E-state index in [1.807, 2.05) is 48.1 Å². The van der Waals surface area contributed by atoms with E-state index in [-0.39, 0.29) is 11.9 Å². The molecule has 0 radical (unpaired) electrons. The number of imidazole rings is 1. The SMILES string of the molecule is Cc1noc(C)c1C(=O)NC(c1ccccc1)c1nccn1C. The number of benzene rings is 1. The molecule has 2 aromatic heterocycles. The van der Waals surface area contributed by atoms with Gasteiger partial charge >= 0.3 is 0 Å². The molecular weight excluding hydrogens is 292 g/mol. The predicted molar refractivity (Wildman–Crippen MR) is 84.9 cm³/mol. The molecule has 3 aromatic rings. The third-order valence-corrected chi connectivity index (χ3v) is 3.79. The van der Waals surface area contributed by atoms with Crippen molar-refractivity contribution in [3.8, 4) is 0 Å². The molecule has 23 heavy (non-hydrogen) atoms. The Balaban J connectivity index is 1.97. The highest BCUT2D eigenvalue weighted by Crippen LogP contribution is 2.22. The van der Waals surface area contributed by atoms with Crippen LogP contribution in [0.5, 0.6) is 0 Å². The van der Waals surface area contributed by atoms with Crippen molar-refractivity contribution in [1.29, 1.82) is 0 Å². The fourth-order valence-corrected chi connectivity index (χ4v) is 2.61. The molecule has 118 valence electrons. The number of carbonyl (C=O) groups is 1. The molecule has 1 atom stereocenters. The fourth-order valence-electron chi connectivity index (χ4n) is 2.61. The molecular formula is C17H18N4O2. The Kier molecular flexibility index (Phi) is 3.97. The zero-order valence-electron chi connectivity index (χ0n) is 13.3. The minimum absolute atomic E-state index is 0.224. The summed E-state index contributed by atoms with van der Waals surface area (Å²) in [6.45, 7) is 3.48. The highest BCUT2D eigenvalue weighted by atomic mass is 16.5. The van der Waals surface area contributed by atoms with Crippen molar-refractivity contribution in [2.45, 2.75) is 19.9 Å². The van der Waals surface area contributed by atoms with Crippen LogP contribution in [0.2, 0.25) is 0 Å². The zero-order valence-corrected chi connectivity index (χ0v) is 13.3. The third-order valence-electron chi connectivity index (χ3n) is 3.79. The number of carbonyl (C=O) groups excluding carboxylic acids is 1. The summed E-state index contributed by atoms with van der Waals surface area (Å²) in [6, 6.07) is 9.40. The summed E-state index contributed by atoms with van der Waals surface area (Å²) in [7, 11) is 1.90. The first kappa shape index (κ1) is 15.0. The molecule has 0 spiro atoms. The first-order chi connectivity index (χ1) is 11.1. The quantitative estimate of drug-likeness (QED) is 0.803. The van der Waals surface area contributed by atoms with Gasteiger partial charge in [-0.15, -0.1) is 0 Å². The number of hydrogen-bond acceptors (Lipinski definition) is 4. The monoisotopic (exact) mass is 310 g/mol. The molecule has 0 fully saturated rings. The molecule has 2 heterocycles. The minimum atomic E-state index is -0.350. The number of amides is 1. The van der Waals surface area contributed by atoms with Crippen molar-refractivity contribution in [3.05, 3.63) is 71.1 Å². The van der Waals surface area contributed by atoms with E-state index in [0.29, 0.717) is 17.0 Å². The average molecular weight is 310 g/mol. The molecule has 0 aliphatic rings. The smallest absolute Gasteiger partial charge is 0.257 e. The predicted octanol–water partition coefficient (Wildman–Crippen LogP) is 2.54. The lowest BCUT2D eigenvalue weighted by molar-refractivity contribution is 0.0939. The van der Waals surface area contributed by atoms with Crippen LogP contribution < -0.4 is 5.32 Å². The van der Waals surface area contributed by atoms with Gasteiger partial charge in [-0.25, -0.2) is 4.98 Å². The normalized spacial score (nSPS) is 12.1. The van der Waals surface area contributed by atoms with E-state index >= 15 is 0 Å². The lowest BCUT2D eigenvalue weighted by Crippen LogP contribution is -2.31. The first-order valence-corrected chi connectivity index (χ1v) is 7.34. The third kappa shape index (κ3) is 2.88. The Hall–Kier alpha value is -2.89. The van der Waals surface area contributed by atoms with Crippen LogP contribution in [0.15, 0.2) is 47.2 Å². The Labute approximate surface area is 134 Å². The second kappa shape index (κ2) is 6.08. The number of aryl methyl sites for hydroxylation is 3. The number of rotatable bonds is 4. The van der Waals surface area contributed by atoms with Gasteiger partial charge in [0.15, 0.2) is 0 Å². The molecule has 6 heteroatoms.